The van der Waals surface area contributed by atoms with Crippen molar-refractivity contribution >= 4 is 37.5 Å². The Bertz CT molecular complexity index is 1180. The smallest absolute Gasteiger partial charge is 0.0448 e. The van der Waals surface area contributed by atoms with Crippen LogP contribution in [0.4, 0.5) is 5.69 Å². The van der Waals surface area contributed by atoms with Crippen LogP contribution in [0.25, 0.3) is 0 Å². The summed E-state index contributed by atoms with van der Waals surface area (Å²) in [6, 6.07) is 12.9. The zero-order valence-corrected chi connectivity index (χ0v) is 23.6. The van der Waals surface area contributed by atoms with Gasteiger partial charge in [-0.1, -0.05) is 109 Å². The van der Waals surface area contributed by atoms with Crippen molar-refractivity contribution in [3.63, 3.8) is 0 Å². The van der Waals surface area contributed by atoms with Gasteiger partial charge in [0.2, 0.25) is 0 Å². The monoisotopic (exact) mass is 565 g/mol. The molecule has 2 aromatic rings. The third-order valence-electron chi connectivity index (χ3n) is 6.67. The van der Waals surface area contributed by atoms with Gasteiger partial charge in [-0.2, -0.15) is 0 Å². The maximum atomic E-state index is 4.34. The van der Waals surface area contributed by atoms with E-state index >= 15 is 0 Å². The van der Waals surface area contributed by atoms with Crippen molar-refractivity contribution in [2.75, 3.05) is 11.9 Å². The quantitative estimate of drug-likeness (QED) is 0.315. The first-order chi connectivity index (χ1) is 15.5. The molecule has 0 atom stereocenters. The highest BCUT2D eigenvalue weighted by molar-refractivity contribution is 9.10. The molecular weight excluding hydrogens is 534 g/mol. The lowest BCUT2D eigenvalue weighted by Crippen LogP contribution is -2.22. The maximum Gasteiger partial charge on any atom is 0.0448 e. The van der Waals surface area contributed by atoms with Crippen LogP contribution >= 0.6 is 31.9 Å². The Labute approximate surface area is 216 Å². The fraction of sp³-hybridized carbons (Fsp3) is 0.267. The highest BCUT2D eigenvalue weighted by atomic mass is 79.9. The highest BCUT2D eigenvalue weighted by Crippen LogP contribution is 2.47. The van der Waals surface area contributed by atoms with E-state index in [1.54, 1.807) is 0 Å². The molecule has 2 aromatic carbocycles. The second-order valence-corrected chi connectivity index (χ2v) is 11.5. The fourth-order valence-electron chi connectivity index (χ4n) is 4.47. The van der Waals surface area contributed by atoms with E-state index in [0.29, 0.717) is 0 Å². The van der Waals surface area contributed by atoms with Gasteiger partial charge < -0.3 is 4.90 Å². The van der Waals surface area contributed by atoms with E-state index in [9.17, 15) is 0 Å². The molecule has 33 heavy (non-hydrogen) atoms. The topological polar surface area (TPSA) is 3.24 Å². The number of aryl methyl sites for hydroxylation is 1. The Morgan fingerprint density at radius 3 is 2.27 bits per heavy atom. The first-order valence-electron chi connectivity index (χ1n) is 11.2. The maximum absolute atomic E-state index is 4.34. The summed E-state index contributed by atoms with van der Waals surface area (Å²) in [6.07, 6.45) is 14.7. The number of likely N-dealkylation sites (N-methyl/N-ethyl adjacent to an activating group) is 1. The Kier molecular flexibility index (Phi) is 7.76. The van der Waals surface area contributed by atoms with E-state index in [1.807, 2.05) is 0 Å². The first kappa shape index (κ1) is 25.5. The van der Waals surface area contributed by atoms with Gasteiger partial charge in [-0.3, -0.25) is 0 Å². The number of nitrogens with zero attached hydrogens (tertiary/aromatic N) is 1. The zero-order chi connectivity index (χ0) is 24.4. The van der Waals surface area contributed by atoms with Crippen LogP contribution < -0.4 is 4.90 Å². The number of fused-ring (bicyclic) bond motifs is 1. The molecule has 0 amide bonds. The van der Waals surface area contributed by atoms with Crippen LogP contribution in [0.5, 0.6) is 0 Å². The highest BCUT2D eigenvalue weighted by Gasteiger charge is 2.38. The molecule has 0 fully saturated rings. The van der Waals surface area contributed by atoms with Gasteiger partial charge in [0.05, 0.1) is 0 Å². The minimum atomic E-state index is -0.138. The van der Waals surface area contributed by atoms with Gasteiger partial charge in [0.15, 0.2) is 0 Å². The van der Waals surface area contributed by atoms with Crippen LogP contribution in [0.1, 0.15) is 44.4 Å². The third kappa shape index (κ3) is 5.36. The molecule has 0 aromatic heterocycles. The summed E-state index contributed by atoms with van der Waals surface area (Å²) >= 11 is 7.21. The van der Waals surface area contributed by atoms with Crippen molar-refractivity contribution in [3.8, 4) is 0 Å². The minimum Gasteiger partial charge on any atom is -0.347 e. The van der Waals surface area contributed by atoms with Crippen molar-refractivity contribution in [1.29, 1.82) is 0 Å². The van der Waals surface area contributed by atoms with E-state index in [2.05, 4.69) is 164 Å². The Balaban J connectivity index is 1.67. The van der Waals surface area contributed by atoms with Gasteiger partial charge in [0.1, 0.15) is 0 Å². The zero-order valence-electron chi connectivity index (χ0n) is 20.4. The van der Waals surface area contributed by atoms with Crippen LogP contribution in [0.3, 0.4) is 0 Å². The van der Waals surface area contributed by atoms with Crippen molar-refractivity contribution < 1.29 is 0 Å². The summed E-state index contributed by atoms with van der Waals surface area (Å²) in [5, 5.41) is 0. The predicted molar refractivity (Wildman–Crippen MR) is 152 cm³/mol. The van der Waals surface area contributed by atoms with Crippen molar-refractivity contribution in [3.05, 3.63) is 122 Å². The number of halogens is 2. The summed E-state index contributed by atoms with van der Waals surface area (Å²) in [4.78, 5) is 2.28. The number of benzene rings is 2. The van der Waals surface area contributed by atoms with Gasteiger partial charge in [-0.25, -0.2) is 0 Å². The molecule has 3 heteroatoms. The average molecular weight is 567 g/mol. The molecule has 0 radical (unpaired) electrons. The van der Waals surface area contributed by atoms with E-state index in [-0.39, 0.29) is 10.8 Å². The van der Waals surface area contributed by atoms with Crippen LogP contribution in [0.15, 0.2) is 106 Å². The Morgan fingerprint density at radius 2 is 1.55 bits per heavy atom. The lowest BCUT2D eigenvalue weighted by atomic mass is 9.76. The van der Waals surface area contributed by atoms with E-state index in [4.69, 9.17) is 0 Å². The molecule has 3 rings (SSSR count). The van der Waals surface area contributed by atoms with Crippen molar-refractivity contribution in [2.24, 2.45) is 0 Å². The molecule has 0 N–H and O–H groups in total. The molecule has 1 aliphatic heterocycles. The van der Waals surface area contributed by atoms with Crippen LogP contribution in [-0.4, -0.2) is 7.05 Å². The van der Waals surface area contributed by atoms with E-state index in [1.165, 1.54) is 28.1 Å². The van der Waals surface area contributed by atoms with Crippen LogP contribution in [0.2, 0.25) is 0 Å². The summed E-state index contributed by atoms with van der Waals surface area (Å²) in [5.74, 6) is 0. The van der Waals surface area contributed by atoms with E-state index in [0.717, 1.165) is 14.5 Å². The summed E-state index contributed by atoms with van der Waals surface area (Å²) in [6.45, 7) is 15.5. The largest absolute Gasteiger partial charge is 0.347 e. The first-order valence-corrected chi connectivity index (χ1v) is 12.8. The number of hydrogen-bond donors (Lipinski definition) is 0. The molecule has 0 bridgehead atoms. The van der Waals surface area contributed by atoms with E-state index < -0.39 is 0 Å². The number of rotatable bonds is 6. The third-order valence-corrected chi connectivity index (χ3v) is 7.65. The van der Waals surface area contributed by atoms with Gasteiger partial charge in [0, 0.05) is 38.2 Å². The molecule has 0 spiro atoms. The number of hydrogen-bond acceptors (Lipinski definition) is 1. The van der Waals surface area contributed by atoms with Crippen LogP contribution in [-0.2, 0) is 10.8 Å². The molecule has 1 aliphatic rings. The minimum absolute atomic E-state index is 0.0320. The standard InChI is InChI=1S/C30H33Br2N/c1-21-15-16-23(31)19-25(21)29(3,4)22(2)13-11-9-8-10-12-14-28-30(5,6)26-20-24(32)17-18-27(26)33(28)7/h8-20H,2H2,1,3-7H3/b9-8+,12-10+,13-11+,28-14+. The lowest BCUT2D eigenvalue weighted by molar-refractivity contribution is 0.636. The summed E-state index contributed by atoms with van der Waals surface area (Å²) < 4.78 is 2.22. The molecule has 0 aliphatic carbocycles. The second-order valence-electron chi connectivity index (χ2n) is 9.64. The molecule has 1 nitrogen and oxygen atoms in total. The second kappa shape index (κ2) is 10.0. The SMILES string of the molecule is C=C(/C=C/C=C/C=C/C=C1/N(C)c2ccc(Br)cc2C1(C)C)C(C)(C)c1cc(Br)ccc1C. The summed E-state index contributed by atoms with van der Waals surface area (Å²) in [7, 11) is 2.14. The predicted octanol–water partition coefficient (Wildman–Crippen LogP) is 9.33. The van der Waals surface area contributed by atoms with Crippen molar-refractivity contribution in [1.82, 2.24) is 0 Å². The fourth-order valence-corrected chi connectivity index (χ4v) is 5.19. The van der Waals surface area contributed by atoms with Gasteiger partial charge >= 0.3 is 0 Å². The van der Waals surface area contributed by atoms with Gasteiger partial charge in [-0.15, -0.1) is 0 Å². The number of anilines is 1. The van der Waals surface area contributed by atoms with Crippen LogP contribution in [0, 0.1) is 6.92 Å². The van der Waals surface area contributed by atoms with Crippen molar-refractivity contribution in [2.45, 2.75) is 45.4 Å². The molecule has 0 saturated carbocycles. The molecule has 0 saturated heterocycles. The van der Waals surface area contributed by atoms with Gasteiger partial charge in [0.25, 0.3) is 0 Å². The normalized spacial score (nSPS) is 17.1. The van der Waals surface area contributed by atoms with Gasteiger partial charge in [-0.05, 0) is 65.6 Å². The molecular formula is C30H33Br2N. The molecule has 0 unspecified atom stereocenters. The summed E-state index contributed by atoms with van der Waals surface area (Å²) in [5.41, 5.74) is 7.38. The average Bonchev–Trinajstić information content (AvgIpc) is 2.94. The molecule has 1 heterocycles. The lowest BCUT2D eigenvalue weighted by Gasteiger charge is -2.28. The Morgan fingerprint density at radius 1 is 0.939 bits per heavy atom. The molecule has 172 valence electrons. The number of allylic oxidation sites excluding steroid dienone is 9. The Hall–Kier alpha value is -2.10.